The molecule has 3 heteroatoms. The molecule has 0 bridgehead atoms. The summed E-state index contributed by atoms with van der Waals surface area (Å²) in [6.45, 7) is 9.92. The van der Waals surface area contributed by atoms with Crippen LogP contribution in [0, 0.1) is 0 Å². The maximum absolute atomic E-state index is 10.9. The van der Waals surface area contributed by atoms with Gasteiger partial charge < -0.3 is 10.8 Å². The average Bonchev–Trinajstić information content (AvgIpc) is 2.17. The van der Waals surface area contributed by atoms with E-state index in [1.807, 2.05) is 20.8 Å². The topological polar surface area (TPSA) is 64.9 Å². The van der Waals surface area contributed by atoms with Gasteiger partial charge in [0, 0.05) is 17.0 Å². The highest BCUT2D eigenvalue weighted by molar-refractivity contribution is 5.88. The molecule has 0 saturated heterocycles. The number of benzene rings is 1. The van der Waals surface area contributed by atoms with Crippen LogP contribution in [0.2, 0.25) is 0 Å². The molecule has 4 N–H and O–H groups in total. The highest BCUT2D eigenvalue weighted by Crippen LogP contribution is 2.33. The van der Waals surface area contributed by atoms with Crippen LogP contribution in [0.25, 0.3) is 0 Å². The molecule has 0 unspecified atom stereocenters. The van der Waals surface area contributed by atoms with Crippen molar-refractivity contribution < 1.29 is 15.6 Å². The van der Waals surface area contributed by atoms with Crippen molar-refractivity contribution in [2.75, 3.05) is 0 Å². The van der Waals surface area contributed by atoms with Gasteiger partial charge in [-0.15, -0.1) is 0 Å². The summed E-state index contributed by atoms with van der Waals surface area (Å²) in [4.78, 5) is 10.9. The minimum absolute atomic E-state index is 0.261. The summed E-state index contributed by atoms with van der Waals surface area (Å²) in [5.41, 5.74) is 6.71. The number of rotatable bonds is 3. The number of quaternary nitrogens is 1. The maximum atomic E-state index is 10.9. The molecule has 1 aromatic rings. The molecule has 0 spiro atoms. The normalized spacial score (nSPS) is 11.2. The second kappa shape index (κ2) is 4.10. The molecular weight excluding hydrogens is 202 g/mol. The van der Waals surface area contributed by atoms with Gasteiger partial charge >= 0.3 is 5.97 Å². The zero-order chi connectivity index (χ0) is 12.5. The van der Waals surface area contributed by atoms with Crippen LogP contribution >= 0.6 is 0 Å². The number of hydrogen-bond acceptors (Lipinski definition) is 1. The molecule has 86 valence electrons. The van der Waals surface area contributed by atoms with E-state index in [2.05, 4.69) is 12.3 Å². The van der Waals surface area contributed by atoms with Crippen LogP contribution in [-0.2, 0) is 5.41 Å². The van der Waals surface area contributed by atoms with Gasteiger partial charge in [0.05, 0.1) is 5.56 Å². The lowest BCUT2D eigenvalue weighted by Gasteiger charge is -2.26. The van der Waals surface area contributed by atoms with Crippen molar-refractivity contribution in [3.63, 3.8) is 0 Å². The van der Waals surface area contributed by atoms with Gasteiger partial charge in [-0.05, 0) is 19.1 Å². The van der Waals surface area contributed by atoms with E-state index in [1.165, 1.54) is 0 Å². The fraction of sp³-hybridized carbons (Fsp3) is 0.308. The third-order valence-corrected chi connectivity index (χ3v) is 3.10. The number of carbonyl (C=O) groups is 1. The van der Waals surface area contributed by atoms with Crippen molar-refractivity contribution in [2.24, 2.45) is 0 Å². The third-order valence-electron chi connectivity index (χ3n) is 3.10. The summed E-state index contributed by atoms with van der Waals surface area (Å²) in [5.74, 6) is -0.918. The van der Waals surface area contributed by atoms with E-state index >= 15 is 0 Å². The summed E-state index contributed by atoms with van der Waals surface area (Å²) >= 11 is 0. The Bertz CT molecular complexity index is 447. The SMILES string of the molecule is C=C(C)C(C)(C)c1cc(C(=O)O)ccc1[NH3+]. The molecule has 3 nitrogen and oxygen atoms in total. The zero-order valence-corrected chi connectivity index (χ0v) is 10.0. The van der Waals surface area contributed by atoms with Crippen LogP contribution in [0.15, 0.2) is 30.4 Å². The van der Waals surface area contributed by atoms with Gasteiger partial charge in [-0.2, -0.15) is 0 Å². The minimum atomic E-state index is -0.918. The van der Waals surface area contributed by atoms with Gasteiger partial charge in [-0.3, -0.25) is 0 Å². The lowest BCUT2D eigenvalue weighted by Crippen LogP contribution is -2.43. The Kier molecular flexibility index (Phi) is 3.19. The molecule has 0 fully saturated rings. The van der Waals surface area contributed by atoms with Crippen molar-refractivity contribution in [1.29, 1.82) is 0 Å². The van der Waals surface area contributed by atoms with Crippen molar-refractivity contribution in [3.05, 3.63) is 41.5 Å². The molecule has 0 heterocycles. The molecule has 0 saturated carbocycles. The van der Waals surface area contributed by atoms with Gasteiger partial charge in [-0.1, -0.05) is 26.0 Å². The van der Waals surface area contributed by atoms with Crippen molar-refractivity contribution >= 4 is 11.7 Å². The van der Waals surface area contributed by atoms with E-state index in [0.717, 1.165) is 16.8 Å². The zero-order valence-electron chi connectivity index (χ0n) is 10.0. The first-order chi connectivity index (χ1) is 7.26. The highest BCUT2D eigenvalue weighted by Gasteiger charge is 2.26. The fourth-order valence-corrected chi connectivity index (χ4v) is 1.52. The summed E-state index contributed by atoms with van der Waals surface area (Å²) < 4.78 is 0. The van der Waals surface area contributed by atoms with Gasteiger partial charge in [0.15, 0.2) is 0 Å². The van der Waals surface area contributed by atoms with Gasteiger partial charge in [0.1, 0.15) is 5.69 Å². The standard InChI is InChI=1S/C13H17NO2/c1-8(2)13(3,4)10-7-9(12(15)16)5-6-11(10)14/h5-7H,1,14H2,2-4H3,(H,15,16)/p+1. The monoisotopic (exact) mass is 220 g/mol. The van der Waals surface area contributed by atoms with E-state index in [0.29, 0.717) is 0 Å². The molecule has 0 aliphatic rings. The van der Waals surface area contributed by atoms with Crippen LogP contribution in [-0.4, -0.2) is 11.1 Å². The molecule has 0 amide bonds. The minimum Gasteiger partial charge on any atom is -0.478 e. The van der Waals surface area contributed by atoms with Gasteiger partial charge in [-0.25, -0.2) is 4.79 Å². The van der Waals surface area contributed by atoms with E-state index in [1.54, 1.807) is 18.2 Å². The van der Waals surface area contributed by atoms with Crippen molar-refractivity contribution in [2.45, 2.75) is 26.2 Å². The lowest BCUT2D eigenvalue weighted by molar-refractivity contribution is -0.256. The van der Waals surface area contributed by atoms with Crippen LogP contribution in [0.3, 0.4) is 0 Å². The van der Waals surface area contributed by atoms with Gasteiger partial charge in [0.25, 0.3) is 0 Å². The second-order valence-corrected chi connectivity index (χ2v) is 4.58. The summed E-state index contributed by atoms with van der Waals surface area (Å²) in [7, 11) is 0. The molecule has 1 rings (SSSR count). The number of carboxylic acid groups (broad SMARTS) is 1. The Morgan fingerprint density at radius 2 is 2.00 bits per heavy atom. The molecule has 0 radical (unpaired) electrons. The van der Waals surface area contributed by atoms with E-state index in [-0.39, 0.29) is 11.0 Å². The summed E-state index contributed by atoms with van der Waals surface area (Å²) in [5, 5.41) is 8.96. The van der Waals surface area contributed by atoms with E-state index in [4.69, 9.17) is 5.11 Å². The largest absolute Gasteiger partial charge is 0.478 e. The smallest absolute Gasteiger partial charge is 0.335 e. The molecular formula is C13H18NO2+. The molecule has 0 aromatic heterocycles. The van der Waals surface area contributed by atoms with Crippen molar-refractivity contribution in [3.8, 4) is 0 Å². The lowest BCUT2D eigenvalue weighted by atomic mass is 9.78. The third kappa shape index (κ3) is 2.14. The molecule has 16 heavy (non-hydrogen) atoms. The molecule has 1 aromatic carbocycles. The van der Waals surface area contributed by atoms with E-state index in [9.17, 15) is 4.79 Å². The Morgan fingerprint density at radius 3 is 2.44 bits per heavy atom. The summed E-state index contributed by atoms with van der Waals surface area (Å²) in [6.07, 6.45) is 0. The van der Waals surface area contributed by atoms with Crippen LogP contribution in [0.5, 0.6) is 0 Å². The summed E-state index contributed by atoms with van der Waals surface area (Å²) in [6, 6.07) is 4.99. The number of carboxylic acids is 1. The Hall–Kier alpha value is -1.61. The number of hydrogen-bond donors (Lipinski definition) is 2. The highest BCUT2D eigenvalue weighted by atomic mass is 16.4. The quantitative estimate of drug-likeness (QED) is 0.766. The molecule has 0 aliphatic heterocycles. The first-order valence-corrected chi connectivity index (χ1v) is 5.12. The average molecular weight is 220 g/mol. The predicted molar refractivity (Wildman–Crippen MR) is 63.8 cm³/mol. The Labute approximate surface area is 95.6 Å². The first-order valence-electron chi connectivity index (χ1n) is 5.12. The molecule has 0 aliphatic carbocycles. The second-order valence-electron chi connectivity index (χ2n) is 4.58. The number of allylic oxidation sites excluding steroid dienone is 1. The van der Waals surface area contributed by atoms with E-state index < -0.39 is 5.97 Å². The van der Waals surface area contributed by atoms with Crippen LogP contribution in [0.1, 0.15) is 36.7 Å². The predicted octanol–water partition coefficient (Wildman–Crippen LogP) is 2.11. The first kappa shape index (κ1) is 12.5. The maximum Gasteiger partial charge on any atom is 0.335 e. The number of aromatic carboxylic acids is 1. The Morgan fingerprint density at radius 1 is 1.44 bits per heavy atom. The van der Waals surface area contributed by atoms with Crippen LogP contribution < -0.4 is 5.73 Å². The fourth-order valence-electron chi connectivity index (χ4n) is 1.52. The van der Waals surface area contributed by atoms with Gasteiger partial charge in [0.2, 0.25) is 0 Å². The Balaban J connectivity index is 3.38. The molecule has 0 atom stereocenters. The van der Waals surface area contributed by atoms with Crippen LogP contribution in [0.4, 0.5) is 5.69 Å². The van der Waals surface area contributed by atoms with Crippen molar-refractivity contribution in [1.82, 2.24) is 0 Å².